The van der Waals surface area contributed by atoms with Gasteiger partial charge in [-0.25, -0.2) is 13.9 Å². The van der Waals surface area contributed by atoms with Gasteiger partial charge < -0.3 is 14.8 Å². The second-order valence-corrected chi connectivity index (χ2v) is 9.35. The molecule has 1 aliphatic heterocycles. The Morgan fingerprint density at radius 3 is 2.46 bits per heavy atom. The van der Waals surface area contributed by atoms with Gasteiger partial charge in [-0.3, -0.25) is 0 Å². The first-order chi connectivity index (χ1) is 18.0. The number of hydrogen-bond acceptors (Lipinski definition) is 2. The molecule has 0 radical (unpaired) electrons. The number of amides is 2. The van der Waals surface area contributed by atoms with Crippen molar-refractivity contribution in [2.45, 2.75) is 19.5 Å². The van der Waals surface area contributed by atoms with E-state index in [1.54, 1.807) is 4.90 Å². The Hall–Kier alpha value is -4.36. The number of para-hydroxylation sites is 1. The molecule has 0 fully saturated rings. The van der Waals surface area contributed by atoms with Crippen LogP contribution in [0.15, 0.2) is 97.2 Å². The first-order valence-electron chi connectivity index (χ1n) is 11.9. The lowest BCUT2D eigenvalue weighted by atomic mass is 10.0. The number of carbonyl (C=O) groups excluding carboxylic acids is 1. The van der Waals surface area contributed by atoms with Gasteiger partial charge in [-0.1, -0.05) is 60.1 Å². The third-order valence-electron chi connectivity index (χ3n) is 6.63. The van der Waals surface area contributed by atoms with Crippen molar-refractivity contribution in [2.75, 3.05) is 5.32 Å². The van der Waals surface area contributed by atoms with Gasteiger partial charge in [0.25, 0.3) is 0 Å². The predicted octanol–water partition coefficient (Wildman–Crippen LogP) is 6.90. The van der Waals surface area contributed by atoms with Gasteiger partial charge in [0.1, 0.15) is 11.6 Å². The number of aromatic nitrogens is 3. The Balaban J connectivity index is 1.52. The highest BCUT2D eigenvalue weighted by Gasteiger charge is 2.36. The number of fused-ring (bicyclic) bond motifs is 3. The maximum absolute atomic E-state index is 13.9. The second-order valence-electron chi connectivity index (χ2n) is 8.94. The molecule has 0 saturated carbocycles. The zero-order valence-electron chi connectivity index (χ0n) is 20.0. The molecule has 184 valence electrons. The maximum atomic E-state index is 13.9. The number of urea groups is 1. The number of rotatable bonds is 3. The summed E-state index contributed by atoms with van der Waals surface area (Å²) < 4.78 is 17.8. The molecule has 6 nitrogen and oxygen atoms in total. The van der Waals surface area contributed by atoms with E-state index in [2.05, 4.69) is 9.88 Å². The highest BCUT2D eigenvalue weighted by Crippen LogP contribution is 2.38. The molecule has 1 aliphatic rings. The minimum absolute atomic E-state index is 0.0515. The molecule has 3 aromatic carbocycles. The molecule has 0 bridgehead atoms. The molecule has 1 atom stereocenters. The monoisotopic (exact) mass is 511 g/mol. The summed E-state index contributed by atoms with van der Waals surface area (Å²) >= 11 is 5.98. The summed E-state index contributed by atoms with van der Waals surface area (Å²) in [5.41, 5.74) is 5.01. The van der Waals surface area contributed by atoms with E-state index in [1.165, 1.54) is 18.2 Å². The lowest BCUT2D eigenvalue weighted by Crippen LogP contribution is -2.38. The van der Waals surface area contributed by atoms with Gasteiger partial charge in [0, 0.05) is 17.4 Å². The van der Waals surface area contributed by atoms with Gasteiger partial charge >= 0.3 is 6.03 Å². The van der Waals surface area contributed by atoms with Crippen molar-refractivity contribution < 1.29 is 9.18 Å². The van der Waals surface area contributed by atoms with Crippen LogP contribution in [0.4, 0.5) is 14.9 Å². The van der Waals surface area contributed by atoms with Gasteiger partial charge in [-0.2, -0.15) is 5.10 Å². The van der Waals surface area contributed by atoms with Crippen LogP contribution in [0.3, 0.4) is 0 Å². The summed E-state index contributed by atoms with van der Waals surface area (Å²) in [4.78, 5) is 15.7. The first-order valence-corrected chi connectivity index (χ1v) is 12.3. The molecular weight excluding hydrogens is 489 g/mol. The zero-order valence-corrected chi connectivity index (χ0v) is 20.7. The minimum atomic E-state index is -0.539. The molecule has 0 spiro atoms. The van der Waals surface area contributed by atoms with Crippen LogP contribution in [0.2, 0.25) is 5.02 Å². The van der Waals surface area contributed by atoms with Crippen molar-refractivity contribution in [2.24, 2.45) is 0 Å². The van der Waals surface area contributed by atoms with Gasteiger partial charge in [0.2, 0.25) is 0 Å². The number of benzene rings is 3. The number of hydrogen-bond donors (Lipinski definition) is 1. The van der Waals surface area contributed by atoms with E-state index in [-0.39, 0.29) is 17.1 Å². The largest absolute Gasteiger partial charge is 0.322 e. The summed E-state index contributed by atoms with van der Waals surface area (Å²) in [5, 5.41) is 7.72. The van der Waals surface area contributed by atoms with Crippen molar-refractivity contribution in [3.63, 3.8) is 0 Å². The van der Waals surface area contributed by atoms with E-state index in [0.29, 0.717) is 12.2 Å². The molecule has 8 heteroatoms. The average Bonchev–Trinajstić information content (AvgIpc) is 3.47. The van der Waals surface area contributed by atoms with Crippen molar-refractivity contribution in [3.05, 3.63) is 131 Å². The highest BCUT2D eigenvalue weighted by atomic mass is 35.5. The number of carbonyl (C=O) groups is 1. The van der Waals surface area contributed by atoms with Gasteiger partial charge in [0.15, 0.2) is 0 Å². The highest BCUT2D eigenvalue weighted by molar-refractivity contribution is 6.31. The molecule has 0 aliphatic carbocycles. The van der Waals surface area contributed by atoms with Gasteiger partial charge in [0.05, 0.1) is 34.7 Å². The summed E-state index contributed by atoms with van der Waals surface area (Å²) in [6, 6.07) is 27.3. The molecule has 2 amide bonds. The third-order valence-corrected chi connectivity index (χ3v) is 6.92. The third kappa shape index (κ3) is 4.07. The SMILES string of the molecule is Cc1nn(-c2ccccc2)c2c1CN(C(=O)Nc1ccc(F)c(Cl)c1)[C@@H](c1ccccc1)c1cccn1-2. The van der Waals surface area contributed by atoms with Crippen LogP contribution in [-0.4, -0.2) is 25.3 Å². The zero-order chi connectivity index (χ0) is 25.5. The average molecular weight is 512 g/mol. The van der Waals surface area contributed by atoms with E-state index < -0.39 is 5.82 Å². The quantitative estimate of drug-likeness (QED) is 0.286. The molecule has 6 rings (SSSR count). The van der Waals surface area contributed by atoms with Crippen molar-refractivity contribution in [1.82, 2.24) is 19.2 Å². The molecule has 5 aromatic rings. The fraction of sp³-hybridized carbons (Fsp3) is 0.103. The van der Waals surface area contributed by atoms with Gasteiger partial charge in [-0.05, 0) is 55.0 Å². The standard InChI is InChI=1S/C29H23ClFN5O/c1-19-23-18-35(29(37)32-21-14-15-25(31)24(30)17-21)27(20-9-4-2-5-10-20)26-13-8-16-34(26)28(23)36(33-19)22-11-6-3-7-12-22/h2-17,27H,18H2,1H3,(H,32,37)/t27-/m0/s1. The van der Waals surface area contributed by atoms with Crippen molar-refractivity contribution >= 4 is 23.3 Å². The number of aryl methyl sites for hydroxylation is 1. The van der Waals surface area contributed by atoms with E-state index in [0.717, 1.165) is 34.0 Å². The van der Waals surface area contributed by atoms with Crippen molar-refractivity contribution in [3.8, 4) is 11.5 Å². The van der Waals surface area contributed by atoms with Crippen LogP contribution in [0.25, 0.3) is 11.5 Å². The smallest absolute Gasteiger partial charge is 0.308 e. The van der Waals surface area contributed by atoms with Crippen LogP contribution in [-0.2, 0) is 6.54 Å². The minimum Gasteiger partial charge on any atom is -0.308 e. The normalized spacial score (nSPS) is 14.6. The molecule has 1 N–H and O–H groups in total. The topological polar surface area (TPSA) is 55.1 Å². The number of nitrogens with zero attached hydrogens (tertiary/aromatic N) is 4. The fourth-order valence-electron chi connectivity index (χ4n) is 4.90. The molecule has 0 unspecified atom stereocenters. The molecular formula is C29H23ClFN5O. The summed E-state index contributed by atoms with van der Waals surface area (Å²) in [6.07, 6.45) is 2.01. The lowest BCUT2D eigenvalue weighted by Gasteiger charge is -2.31. The first kappa shape index (κ1) is 23.1. The van der Waals surface area contributed by atoms with E-state index in [4.69, 9.17) is 16.7 Å². The maximum Gasteiger partial charge on any atom is 0.322 e. The van der Waals surface area contributed by atoms with E-state index in [9.17, 15) is 9.18 Å². The summed E-state index contributed by atoms with van der Waals surface area (Å²) in [7, 11) is 0. The van der Waals surface area contributed by atoms with E-state index in [1.807, 2.05) is 90.6 Å². The van der Waals surface area contributed by atoms with Crippen LogP contribution in [0.5, 0.6) is 0 Å². The number of nitrogens with one attached hydrogen (secondary N) is 1. The molecule has 2 aromatic heterocycles. The Morgan fingerprint density at radius 2 is 1.73 bits per heavy atom. The molecule has 37 heavy (non-hydrogen) atoms. The van der Waals surface area contributed by atoms with Crippen LogP contribution in [0, 0.1) is 12.7 Å². The molecule has 0 saturated heterocycles. The van der Waals surface area contributed by atoms with Crippen molar-refractivity contribution in [1.29, 1.82) is 0 Å². The Labute approximate surface area is 218 Å². The Bertz CT molecular complexity index is 1600. The Morgan fingerprint density at radius 1 is 1.00 bits per heavy atom. The number of halogens is 2. The predicted molar refractivity (Wildman–Crippen MR) is 142 cm³/mol. The van der Waals surface area contributed by atoms with Gasteiger partial charge in [-0.15, -0.1) is 0 Å². The van der Waals surface area contributed by atoms with E-state index >= 15 is 0 Å². The van der Waals surface area contributed by atoms with Crippen LogP contribution in [0.1, 0.15) is 28.6 Å². The summed E-state index contributed by atoms with van der Waals surface area (Å²) in [6.45, 7) is 2.27. The lowest BCUT2D eigenvalue weighted by molar-refractivity contribution is 0.194. The molecule has 3 heterocycles. The van der Waals surface area contributed by atoms with Crippen LogP contribution < -0.4 is 5.32 Å². The van der Waals surface area contributed by atoms with Crippen LogP contribution >= 0.6 is 11.6 Å². The second kappa shape index (κ2) is 9.26. The summed E-state index contributed by atoms with van der Waals surface area (Å²) in [5.74, 6) is 0.354. The fourth-order valence-corrected chi connectivity index (χ4v) is 5.09. The number of anilines is 1. The Kier molecular flexibility index (Phi) is 5.77.